The number of amides is 1. The van der Waals surface area contributed by atoms with Crippen LogP contribution in [-0.2, 0) is 9.59 Å². The van der Waals surface area contributed by atoms with Gasteiger partial charge >= 0.3 is 5.97 Å². The van der Waals surface area contributed by atoms with E-state index in [1.54, 1.807) is 12.2 Å². The van der Waals surface area contributed by atoms with Gasteiger partial charge in [0.25, 0.3) is 5.91 Å². The smallest absolute Gasteiger partial charge is 0.306 e. The number of carboxylic acid groups (broad SMARTS) is 1. The molecule has 1 aliphatic rings. The molecule has 1 rings (SSSR count). The second-order valence-corrected chi connectivity index (χ2v) is 5.09. The van der Waals surface area contributed by atoms with E-state index in [1.807, 2.05) is 11.0 Å². The van der Waals surface area contributed by atoms with E-state index in [0.717, 1.165) is 0 Å². The third kappa shape index (κ3) is 4.77. The Morgan fingerprint density at radius 2 is 1.82 bits per heavy atom. The summed E-state index contributed by atoms with van der Waals surface area (Å²) in [6.45, 7) is 8.92. The first-order valence-electron chi connectivity index (χ1n) is 7.13. The third-order valence-electron chi connectivity index (χ3n) is 3.53. The van der Waals surface area contributed by atoms with Crippen molar-refractivity contribution in [1.82, 2.24) is 9.80 Å². The van der Waals surface area contributed by atoms with Crippen LogP contribution in [0.4, 0.5) is 0 Å². The van der Waals surface area contributed by atoms with Gasteiger partial charge in [-0.3, -0.25) is 9.59 Å². The van der Waals surface area contributed by atoms with Crippen molar-refractivity contribution in [1.29, 1.82) is 5.26 Å². The Morgan fingerprint density at radius 1 is 1.27 bits per heavy atom. The van der Waals surface area contributed by atoms with E-state index in [2.05, 4.69) is 13.2 Å². The number of carbonyl (C=O) groups excluding carboxylic acids is 1. The number of hydrogen-bond acceptors (Lipinski definition) is 4. The molecule has 0 aromatic heterocycles. The zero-order chi connectivity index (χ0) is 16.5. The van der Waals surface area contributed by atoms with Crippen LogP contribution in [0, 0.1) is 17.2 Å². The minimum Gasteiger partial charge on any atom is -0.481 e. The number of rotatable bonds is 7. The first-order valence-corrected chi connectivity index (χ1v) is 7.13. The fraction of sp³-hybridized carbons (Fsp3) is 0.438. The highest BCUT2D eigenvalue weighted by molar-refractivity contribution is 5.97. The van der Waals surface area contributed by atoms with Gasteiger partial charge in [0.2, 0.25) is 0 Å². The lowest BCUT2D eigenvalue weighted by Gasteiger charge is -2.29. The van der Waals surface area contributed by atoms with Crippen LogP contribution in [0.15, 0.2) is 37.1 Å². The second kappa shape index (κ2) is 8.67. The van der Waals surface area contributed by atoms with E-state index in [1.165, 1.54) is 11.1 Å². The average Bonchev–Trinajstić information content (AvgIpc) is 2.52. The molecule has 1 fully saturated rings. The molecule has 6 nitrogen and oxygen atoms in total. The van der Waals surface area contributed by atoms with E-state index in [4.69, 9.17) is 5.11 Å². The number of hydrogen-bond donors (Lipinski definition) is 1. The molecule has 0 aliphatic carbocycles. The van der Waals surface area contributed by atoms with Crippen LogP contribution in [-0.4, -0.2) is 53.0 Å². The van der Waals surface area contributed by atoms with Gasteiger partial charge in [-0.15, -0.1) is 13.2 Å². The van der Waals surface area contributed by atoms with E-state index < -0.39 is 5.97 Å². The largest absolute Gasteiger partial charge is 0.481 e. The molecule has 0 spiro atoms. The quantitative estimate of drug-likeness (QED) is 0.436. The van der Waals surface area contributed by atoms with Crippen molar-refractivity contribution in [2.45, 2.75) is 12.8 Å². The summed E-state index contributed by atoms with van der Waals surface area (Å²) in [5, 5.41) is 18.2. The molecule has 22 heavy (non-hydrogen) atoms. The molecule has 0 saturated carbocycles. The Hall–Kier alpha value is -2.55. The summed E-state index contributed by atoms with van der Waals surface area (Å²) in [7, 11) is 0. The Kier molecular flexibility index (Phi) is 6.90. The molecule has 1 N–H and O–H groups in total. The van der Waals surface area contributed by atoms with Crippen molar-refractivity contribution in [3.05, 3.63) is 37.1 Å². The van der Waals surface area contributed by atoms with Gasteiger partial charge in [-0.05, 0) is 12.8 Å². The molecule has 6 heteroatoms. The Morgan fingerprint density at radius 3 is 2.23 bits per heavy atom. The summed E-state index contributed by atoms with van der Waals surface area (Å²) in [6, 6.07) is 1.92. The number of aliphatic carboxylic acids is 1. The Bertz CT molecular complexity index is 501. The van der Waals surface area contributed by atoms with Crippen molar-refractivity contribution in [2.24, 2.45) is 5.92 Å². The first kappa shape index (κ1) is 17.5. The highest BCUT2D eigenvalue weighted by atomic mass is 16.4. The van der Waals surface area contributed by atoms with Gasteiger partial charge in [-0.1, -0.05) is 12.2 Å². The number of carboxylic acids is 1. The van der Waals surface area contributed by atoms with Crippen molar-refractivity contribution in [3.63, 3.8) is 0 Å². The summed E-state index contributed by atoms with van der Waals surface area (Å²) in [6.07, 6.45) is 5.74. The summed E-state index contributed by atoms with van der Waals surface area (Å²) in [4.78, 5) is 26.5. The van der Waals surface area contributed by atoms with Gasteiger partial charge < -0.3 is 14.9 Å². The van der Waals surface area contributed by atoms with Crippen LogP contribution in [0.3, 0.4) is 0 Å². The number of piperidine rings is 1. The monoisotopic (exact) mass is 303 g/mol. The molecule has 0 bridgehead atoms. The van der Waals surface area contributed by atoms with Crippen molar-refractivity contribution < 1.29 is 14.7 Å². The molecule has 0 aromatic rings. The van der Waals surface area contributed by atoms with E-state index in [9.17, 15) is 14.9 Å². The lowest BCUT2D eigenvalue weighted by atomic mass is 9.97. The normalized spacial score (nSPS) is 15.8. The van der Waals surface area contributed by atoms with Crippen LogP contribution >= 0.6 is 0 Å². The van der Waals surface area contributed by atoms with E-state index in [-0.39, 0.29) is 17.4 Å². The molecule has 1 heterocycles. The van der Waals surface area contributed by atoms with Gasteiger partial charge in [0.1, 0.15) is 11.6 Å². The highest BCUT2D eigenvalue weighted by Crippen LogP contribution is 2.18. The Labute approximate surface area is 130 Å². The second-order valence-electron chi connectivity index (χ2n) is 5.09. The first-order chi connectivity index (χ1) is 10.5. The molecule has 0 atom stereocenters. The van der Waals surface area contributed by atoms with Gasteiger partial charge in [0, 0.05) is 32.4 Å². The predicted octanol–water partition coefficient (Wildman–Crippen LogP) is 1.39. The maximum Gasteiger partial charge on any atom is 0.306 e. The highest BCUT2D eigenvalue weighted by Gasteiger charge is 2.24. The molecule has 118 valence electrons. The number of carbonyl (C=O) groups is 2. The maximum absolute atomic E-state index is 12.3. The zero-order valence-corrected chi connectivity index (χ0v) is 12.6. The topological polar surface area (TPSA) is 84.6 Å². The molecule has 0 radical (unpaired) electrons. The molecule has 1 aliphatic heterocycles. The fourth-order valence-electron chi connectivity index (χ4n) is 2.31. The summed E-state index contributed by atoms with van der Waals surface area (Å²) >= 11 is 0. The van der Waals surface area contributed by atoms with Crippen LogP contribution in [0.5, 0.6) is 0 Å². The molecule has 0 unspecified atom stereocenters. The fourth-order valence-corrected chi connectivity index (χ4v) is 2.31. The number of nitriles is 1. The minimum absolute atomic E-state index is 0.0393. The molecule has 1 saturated heterocycles. The lowest BCUT2D eigenvalue weighted by Crippen LogP contribution is -2.36. The summed E-state index contributed by atoms with van der Waals surface area (Å²) in [5.41, 5.74) is 0.0393. The van der Waals surface area contributed by atoms with Crippen LogP contribution in [0.25, 0.3) is 0 Å². The maximum atomic E-state index is 12.3. The standard InChI is InChI=1S/C16H21N3O3/c1-3-7-19(8-4-2)15(20)14(11-17)12-18-9-5-13(6-10-18)16(21)22/h3-4,12-13H,1-2,5-10H2,(H,21,22)/b14-12-. The van der Waals surface area contributed by atoms with Gasteiger partial charge in [0.05, 0.1) is 5.92 Å². The van der Waals surface area contributed by atoms with E-state index >= 15 is 0 Å². The zero-order valence-electron chi connectivity index (χ0n) is 12.6. The van der Waals surface area contributed by atoms with Crippen molar-refractivity contribution >= 4 is 11.9 Å². The average molecular weight is 303 g/mol. The molecule has 0 aromatic carbocycles. The number of nitrogens with zero attached hydrogens (tertiary/aromatic N) is 3. The van der Waals surface area contributed by atoms with Gasteiger partial charge in [-0.25, -0.2) is 0 Å². The minimum atomic E-state index is -0.789. The van der Waals surface area contributed by atoms with Crippen LogP contribution in [0.2, 0.25) is 0 Å². The van der Waals surface area contributed by atoms with Crippen LogP contribution < -0.4 is 0 Å². The molecular formula is C16H21N3O3. The SMILES string of the molecule is C=CCN(CC=C)C(=O)/C(C#N)=C\N1CCC(C(=O)O)CC1. The summed E-state index contributed by atoms with van der Waals surface area (Å²) < 4.78 is 0. The Balaban J connectivity index is 2.76. The molecule has 1 amide bonds. The van der Waals surface area contributed by atoms with Gasteiger partial charge in [-0.2, -0.15) is 5.26 Å². The van der Waals surface area contributed by atoms with E-state index in [0.29, 0.717) is 39.0 Å². The van der Waals surface area contributed by atoms with Crippen molar-refractivity contribution in [3.8, 4) is 6.07 Å². The summed E-state index contributed by atoms with van der Waals surface area (Å²) in [5.74, 6) is -1.50. The molecular weight excluding hydrogens is 282 g/mol. The lowest BCUT2D eigenvalue weighted by molar-refractivity contribution is -0.143. The third-order valence-corrected chi connectivity index (χ3v) is 3.53. The van der Waals surface area contributed by atoms with Crippen molar-refractivity contribution in [2.75, 3.05) is 26.2 Å². The number of likely N-dealkylation sites (tertiary alicyclic amines) is 1. The van der Waals surface area contributed by atoms with Gasteiger partial charge in [0.15, 0.2) is 0 Å². The van der Waals surface area contributed by atoms with Crippen LogP contribution in [0.1, 0.15) is 12.8 Å². The predicted molar refractivity (Wildman–Crippen MR) is 82.6 cm³/mol.